The van der Waals surface area contributed by atoms with Gasteiger partial charge in [0.25, 0.3) is 5.91 Å². The lowest BCUT2D eigenvalue weighted by Crippen LogP contribution is -2.38. The Morgan fingerprint density at radius 2 is 1.91 bits per heavy atom. The van der Waals surface area contributed by atoms with Crippen molar-refractivity contribution in [2.75, 3.05) is 42.9 Å². The molecule has 3 saturated heterocycles. The molecule has 2 aromatic heterocycles. The van der Waals surface area contributed by atoms with Crippen LogP contribution in [0.3, 0.4) is 0 Å². The third kappa shape index (κ3) is 4.29. The summed E-state index contributed by atoms with van der Waals surface area (Å²) in [5.41, 5.74) is 5.11. The van der Waals surface area contributed by atoms with Crippen LogP contribution in [0.15, 0.2) is 36.5 Å². The highest BCUT2D eigenvalue weighted by molar-refractivity contribution is 8.00. The monoisotopic (exact) mass is 477 g/mol. The van der Waals surface area contributed by atoms with E-state index in [2.05, 4.69) is 32.5 Å². The second-order valence-electron chi connectivity index (χ2n) is 9.51. The first kappa shape index (κ1) is 21.9. The Bertz CT molecular complexity index is 1160. The van der Waals surface area contributed by atoms with Crippen molar-refractivity contribution < 1.29 is 9.53 Å². The van der Waals surface area contributed by atoms with Crippen LogP contribution in [0.25, 0.3) is 11.2 Å². The predicted molar refractivity (Wildman–Crippen MR) is 135 cm³/mol. The first-order chi connectivity index (χ1) is 16.8. The van der Waals surface area contributed by atoms with Crippen molar-refractivity contribution in [3.05, 3.63) is 53.5 Å². The summed E-state index contributed by atoms with van der Waals surface area (Å²) in [4.78, 5) is 28.2. The normalized spacial score (nSPS) is 20.4. The Hall–Kier alpha value is -2.58. The van der Waals surface area contributed by atoms with Gasteiger partial charge < -0.3 is 18.9 Å². The summed E-state index contributed by atoms with van der Waals surface area (Å²) >= 11 is 1.85. The van der Waals surface area contributed by atoms with E-state index in [-0.39, 0.29) is 5.91 Å². The van der Waals surface area contributed by atoms with Gasteiger partial charge in [-0.1, -0.05) is 6.07 Å². The maximum absolute atomic E-state index is 13.3. The second kappa shape index (κ2) is 9.58. The minimum atomic E-state index is 0.146. The van der Waals surface area contributed by atoms with Crippen LogP contribution in [0.5, 0.6) is 0 Å². The number of nitrogens with one attached hydrogen (secondary N) is 1. The van der Waals surface area contributed by atoms with Gasteiger partial charge in [0, 0.05) is 62.0 Å². The second-order valence-corrected chi connectivity index (χ2v) is 10.6. The van der Waals surface area contributed by atoms with E-state index in [4.69, 9.17) is 9.72 Å². The highest BCUT2D eigenvalue weighted by atomic mass is 32.2. The van der Waals surface area contributed by atoms with Gasteiger partial charge in [-0.15, -0.1) is 0 Å². The van der Waals surface area contributed by atoms with Gasteiger partial charge in [0.2, 0.25) is 0 Å². The van der Waals surface area contributed by atoms with E-state index in [1.165, 1.54) is 12.0 Å². The first-order valence-electron chi connectivity index (χ1n) is 12.5. The molecule has 7 nitrogen and oxygen atoms in total. The molecule has 6 rings (SSSR count). The summed E-state index contributed by atoms with van der Waals surface area (Å²) in [7, 11) is 0. The van der Waals surface area contributed by atoms with Crippen molar-refractivity contribution in [1.82, 2.24) is 19.9 Å². The number of imidazole rings is 1. The number of benzene rings is 1. The first-order valence-corrected chi connectivity index (χ1v) is 13.4. The number of hydrogen-bond donors (Lipinski definition) is 1. The molecule has 3 aliphatic rings. The van der Waals surface area contributed by atoms with Crippen LogP contribution < -0.4 is 4.31 Å². The van der Waals surface area contributed by atoms with Gasteiger partial charge in [-0.2, -0.15) is 0 Å². The van der Waals surface area contributed by atoms with E-state index in [1.807, 2.05) is 35.2 Å². The Labute approximate surface area is 204 Å². The molecule has 0 spiro atoms. The van der Waals surface area contributed by atoms with E-state index in [0.29, 0.717) is 11.8 Å². The third-order valence-electron chi connectivity index (χ3n) is 7.41. The lowest BCUT2D eigenvalue weighted by Gasteiger charge is -2.32. The van der Waals surface area contributed by atoms with Gasteiger partial charge in [-0.05, 0) is 79.8 Å². The summed E-state index contributed by atoms with van der Waals surface area (Å²) in [6.07, 6.45) is 7.01. The van der Waals surface area contributed by atoms with Gasteiger partial charge in [0.15, 0.2) is 5.65 Å². The lowest BCUT2D eigenvalue weighted by molar-refractivity contribution is 0.0713. The number of aromatic nitrogens is 3. The Morgan fingerprint density at radius 1 is 1.06 bits per heavy atom. The average Bonchev–Trinajstić information content (AvgIpc) is 3.59. The Kier molecular flexibility index (Phi) is 6.18. The molecule has 5 heterocycles. The van der Waals surface area contributed by atoms with Gasteiger partial charge in [-0.3, -0.25) is 4.79 Å². The van der Waals surface area contributed by atoms with Crippen LogP contribution in [-0.2, 0) is 4.74 Å². The minimum absolute atomic E-state index is 0.146. The van der Waals surface area contributed by atoms with Crippen LogP contribution in [-0.4, -0.2) is 64.4 Å². The van der Waals surface area contributed by atoms with Crippen molar-refractivity contribution in [2.24, 2.45) is 0 Å². The molecule has 0 aliphatic carbocycles. The number of hydrogen-bond acceptors (Lipinski definition) is 6. The molecule has 0 bridgehead atoms. The summed E-state index contributed by atoms with van der Waals surface area (Å²) < 4.78 is 7.82. The molecule has 0 atom stereocenters. The van der Waals surface area contributed by atoms with E-state index in [1.54, 1.807) is 0 Å². The van der Waals surface area contributed by atoms with Crippen molar-refractivity contribution in [3.8, 4) is 0 Å². The molecule has 178 valence electrons. The molecule has 1 aromatic carbocycles. The smallest absolute Gasteiger partial charge is 0.253 e. The molecule has 3 fully saturated rings. The van der Waals surface area contributed by atoms with Crippen LogP contribution in [0, 0.1) is 0 Å². The molecule has 0 unspecified atom stereocenters. The minimum Gasteiger partial charge on any atom is -0.381 e. The topological polar surface area (TPSA) is 74.3 Å². The lowest BCUT2D eigenvalue weighted by atomic mass is 9.89. The van der Waals surface area contributed by atoms with Gasteiger partial charge >= 0.3 is 0 Å². The quantitative estimate of drug-likeness (QED) is 0.548. The molecule has 3 aliphatic heterocycles. The summed E-state index contributed by atoms with van der Waals surface area (Å²) in [6.45, 7) is 4.20. The van der Waals surface area contributed by atoms with E-state index in [9.17, 15) is 4.79 Å². The molecule has 0 radical (unpaired) electrons. The maximum Gasteiger partial charge on any atom is 0.253 e. The van der Waals surface area contributed by atoms with Crippen molar-refractivity contribution in [3.63, 3.8) is 0 Å². The van der Waals surface area contributed by atoms with Crippen molar-refractivity contribution >= 4 is 34.7 Å². The highest BCUT2D eigenvalue weighted by Crippen LogP contribution is 2.34. The van der Waals surface area contributed by atoms with E-state index in [0.717, 1.165) is 92.5 Å². The number of ether oxygens (including phenoxy) is 1. The average molecular weight is 478 g/mol. The molecule has 8 heteroatoms. The SMILES string of the molecule is O=C(c1cccc(N2CCCS2)c1)N1CCC(c2ccnc3nc(C4CCOCC4)[nH]c23)CC1. The number of rotatable bonds is 4. The van der Waals surface area contributed by atoms with Gasteiger partial charge in [0.1, 0.15) is 5.82 Å². The fourth-order valence-corrected chi connectivity index (χ4v) is 6.47. The van der Waals surface area contributed by atoms with Crippen LogP contribution in [0.1, 0.15) is 65.7 Å². The maximum atomic E-state index is 13.3. The third-order valence-corrected chi connectivity index (χ3v) is 8.58. The van der Waals surface area contributed by atoms with Crippen molar-refractivity contribution in [2.45, 2.75) is 43.9 Å². The van der Waals surface area contributed by atoms with E-state index >= 15 is 0 Å². The number of H-pyrrole nitrogens is 1. The largest absolute Gasteiger partial charge is 0.381 e. The van der Waals surface area contributed by atoms with E-state index < -0.39 is 0 Å². The number of amides is 1. The molecule has 1 N–H and O–H groups in total. The van der Waals surface area contributed by atoms with Crippen LogP contribution in [0.4, 0.5) is 5.69 Å². The van der Waals surface area contributed by atoms with Crippen molar-refractivity contribution in [1.29, 1.82) is 0 Å². The zero-order chi connectivity index (χ0) is 22.9. The number of carbonyl (C=O) groups is 1. The zero-order valence-electron chi connectivity index (χ0n) is 19.4. The molecule has 1 amide bonds. The highest BCUT2D eigenvalue weighted by Gasteiger charge is 2.28. The fourth-order valence-electron chi connectivity index (χ4n) is 5.47. The van der Waals surface area contributed by atoms with Gasteiger partial charge in [0.05, 0.1) is 5.52 Å². The summed E-state index contributed by atoms with van der Waals surface area (Å²) in [6, 6.07) is 10.3. The number of nitrogens with zero attached hydrogens (tertiary/aromatic N) is 4. The molecule has 34 heavy (non-hydrogen) atoms. The molecular weight excluding hydrogens is 446 g/mol. The number of carbonyl (C=O) groups excluding carboxylic acids is 1. The Balaban J connectivity index is 1.15. The summed E-state index contributed by atoms with van der Waals surface area (Å²) in [5, 5.41) is 0. The number of pyridine rings is 1. The fraction of sp³-hybridized carbons (Fsp3) is 0.500. The Morgan fingerprint density at radius 3 is 2.71 bits per heavy atom. The number of fused-ring (bicyclic) bond motifs is 1. The van der Waals surface area contributed by atoms with Gasteiger partial charge in [-0.25, -0.2) is 9.97 Å². The molecular formula is C26H31N5O2S. The van der Waals surface area contributed by atoms with Crippen LogP contribution in [0.2, 0.25) is 0 Å². The number of aromatic amines is 1. The number of likely N-dealkylation sites (tertiary alicyclic amines) is 1. The molecule has 3 aromatic rings. The zero-order valence-corrected chi connectivity index (χ0v) is 20.2. The standard InChI is InChI=1S/C26H31N5O2S/c32-26(20-3-1-4-21(17-20)31-11-2-16-34-31)30-12-6-18(7-13-30)22-5-10-27-25-23(22)28-24(29-25)19-8-14-33-15-9-19/h1,3-5,10,17-19H,2,6-9,11-16H2,(H,27,28,29). The number of anilines is 1. The van der Waals surface area contributed by atoms with Crippen LogP contribution >= 0.6 is 11.9 Å². The number of piperidine rings is 1. The predicted octanol–water partition coefficient (Wildman–Crippen LogP) is 4.73. The molecule has 0 saturated carbocycles. The summed E-state index contributed by atoms with van der Waals surface area (Å²) in [5.74, 6) is 3.17.